The average molecular weight is 475 g/mol. The van der Waals surface area contributed by atoms with Crippen LogP contribution in [0.15, 0.2) is 54.6 Å². The highest BCUT2D eigenvalue weighted by atomic mass is 19.1. The van der Waals surface area contributed by atoms with Gasteiger partial charge < -0.3 is 4.84 Å². The fraction of sp³-hybridized carbons (Fsp3) is 0.370. The second-order valence-corrected chi connectivity index (χ2v) is 10.3. The van der Waals surface area contributed by atoms with Gasteiger partial charge >= 0.3 is 6.03 Å². The molecule has 7 rings (SSSR count). The van der Waals surface area contributed by atoms with Crippen molar-refractivity contribution in [3.8, 4) is 5.75 Å². The lowest BCUT2D eigenvalue weighted by molar-refractivity contribution is -0.00454. The summed E-state index contributed by atoms with van der Waals surface area (Å²) < 4.78 is 13.2. The van der Waals surface area contributed by atoms with Crippen molar-refractivity contribution in [2.45, 2.75) is 43.9 Å². The third-order valence-corrected chi connectivity index (χ3v) is 7.91. The van der Waals surface area contributed by atoms with Gasteiger partial charge in [-0.25, -0.2) is 19.6 Å². The molecule has 0 radical (unpaired) electrons. The predicted molar refractivity (Wildman–Crippen MR) is 128 cm³/mol. The summed E-state index contributed by atoms with van der Waals surface area (Å²) in [6.07, 6.45) is 7.54. The highest BCUT2D eigenvalue weighted by molar-refractivity contribution is 5.97. The number of fused-ring (bicyclic) bond motifs is 1. The normalized spacial score (nSPS) is 26.4. The van der Waals surface area contributed by atoms with Crippen LogP contribution in [0.3, 0.4) is 0 Å². The Morgan fingerprint density at radius 3 is 2.34 bits per heavy atom. The van der Waals surface area contributed by atoms with E-state index in [0.29, 0.717) is 0 Å². The van der Waals surface area contributed by atoms with Gasteiger partial charge in [-0.1, -0.05) is 24.3 Å². The Kier molecular flexibility index (Phi) is 5.31. The molecule has 7 nitrogen and oxygen atoms in total. The van der Waals surface area contributed by atoms with Crippen molar-refractivity contribution in [1.82, 2.24) is 21.3 Å². The average Bonchev–Trinajstić information content (AvgIpc) is 2.84. The Morgan fingerprint density at radius 1 is 0.914 bits per heavy atom. The minimum atomic E-state index is -0.801. The second-order valence-electron chi connectivity index (χ2n) is 10.3. The van der Waals surface area contributed by atoms with Gasteiger partial charge in [0.1, 0.15) is 11.5 Å². The van der Waals surface area contributed by atoms with Crippen LogP contribution >= 0.6 is 0 Å². The van der Waals surface area contributed by atoms with Gasteiger partial charge in [0.15, 0.2) is 5.75 Å². The van der Waals surface area contributed by atoms with E-state index >= 15 is 0 Å². The summed E-state index contributed by atoms with van der Waals surface area (Å²) in [6.45, 7) is 0. The summed E-state index contributed by atoms with van der Waals surface area (Å²) in [5.74, 6) is 1.44. The molecule has 180 valence electrons. The Hall–Kier alpha value is -3.68. The number of amides is 3. The number of hydrogen-bond acceptors (Lipinski definition) is 4. The molecule has 0 atom stereocenters. The molecule has 1 aromatic heterocycles. The molecule has 0 spiro atoms. The van der Waals surface area contributed by atoms with Gasteiger partial charge in [0.25, 0.3) is 5.91 Å². The van der Waals surface area contributed by atoms with Crippen LogP contribution in [0.1, 0.15) is 54.6 Å². The quantitative estimate of drug-likeness (QED) is 0.475. The lowest BCUT2D eigenvalue weighted by Gasteiger charge is -2.57. The molecule has 4 saturated carbocycles. The Labute approximate surface area is 202 Å². The molecule has 0 unspecified atom stereocenters. The first kappa shape index (κ1) is 21.8. The van der Waals surface area contributed by atoms with Crippen LogP contribution in [0.5, 0.6) is 5.75 Å². The van der Waals surface area contributed by atoms with E-state index in [0.717, 1.165) is 34.7 Å². The summed E-state index contributed by atoms with van der Waals surface area (Å²) in [6, 6.07) is 14.5. The van der Waals surface area contributed by atoms with E-state index in [1.807, 2.05) is 24.3 Å². The largest absolute Gasteiger partial charge is 0.378 e. The lowest BCUT2D eigenvalue weighted by atomic mass is 9.48. The van der Waals surface area contributed by atoms with E-state index in [2.05, 4.69) is 27.4 Å². The van der Waals surface area contributed by atoms with Crippen molar-refractivity contribution in [3.63, 3.8) is 0 Å². The molecule has 3 N–H and O–H groups in total. The van der Waals surface area contributed by atoms with Crippen LogP contribution in [-0.4, -0.2) is 16.9 Å². The number of urea groups is 1. The Bertz CT molecular complexity index is 1280. The Balaban J connectivity index is 1.20. The topological polar surface area (TPSA) is 92.4 Å². The standard InChI is InChI=1S/C27H27FN4O3/c28-19-4-3-5-20(11-19)35-32-26(34)31-30-25(33)24-12-22(21-6-1-2-7-23(21)29-24)27-13-16-8-17(14-27)10-18(9-16)15-27/h1-7,11-12,16-18H,8-10,13-15H2,(H,30,33)(H2,31,32,34). The highest BCUT2D eigenvalue weighted by Gasteiger charge is 2.52. The van der Waals surface area contributed by atoms with Gasteiger partial charge in [0, 0.05) is 11.5 Å². The molecule has 0 aliphatic heterocycles. The number of nitrogens with zero attached hydrogens (tertiary/aromatic N) is 1. The van der Waals surface area contributed by atoms with Gasteiger partial charge in [-0.05, 0) is 91.5 Å². The van der Waals surface area contributed by atoms with Crippen molar-refractivity contribution >= 4 is 22.8 Å². The third-order valence-electron chi connectivity index (χ3n) is 7.91. The van der Waals surface area contributed by atoms with Crippen LogP contribution in [0.2, 0.25) is 0 Å². The number of hydrogen-bond donors (Lipinski definition) is 3. The van der Waals surface area contributed by atoms with Crippen molar-refractivity contribution < 1.29 is 18.8 Å². The van der Waals surface area contributed by atoms with Crippen molar-refractivity contribution in [1.29, 1.82) is 0 Å². The number of pyridine rings is 1. The molecule has 4 aliphatic rings. The number of rotatable bonds is 4. The van der Waals surface area contributed by atoms with Crippen molar-refractivity contribution in [2.75, 3.05) is 0 Å². The van der Waals surface area contributed by atoms with E-state index in [4.69, 9.17) is 4.84 Å². The van der Waals surface area contributed by atoms with Gasteiger partial charge in [-0.15, -0.1) is 0 Å². The third kappa shape index (κ3) is 4.17. The van der Waals surface area contributed by atoms with E-state index in [1.54, 1.807) is 0 Å². The number of aromatic nitrogens is 1. The zero-order valence-electron chi connectivity index (χ0n) is 19.2. The zero-order valence-corrected chi connectivity index (χ0v) is 19.2. The maximum Gasteiger partial charge on any atom is 0.366 e. The monoisotopic (exact) mass is 474 g/mol. The van der Waals surface area contributed by atoms with Crippen molar-refractivity contribution in [2.24, 2.45) is 17.8 Å². The summed E-state index contributed by atoms with van der Waals surface area (Å²) in [5, 5.41) is 1.11. The number of halogens is 1. The van der Waals surface area contributed by atoms with Crippen LogP contribution < -0.4 is 21.2 Å². The van der Waals surface area contributed by atoms with E-state index in [-0.39, 0.29) is 16.9 Å². The van der Waals surface area contributed by atoms with Gasteiger partial charge in [-0.2, -0.15) is 5.48 Å². The van der Waals surface area contributed by atoms with E-state index < -0.39 is 17.8 Å². The predicted octanol–water partition coefficient (Wildman–Crippen LogP) is 4.78. The summed E-state index contributed by atoms with van der Waals surface area (Å²) in [5.41, 5.74) is 9.12. The molecule has 4 fully saturated rings. The fourth-order valence-corrected chi connectivity index (χ4v) is 7.01. The smallest absolute Gasteiger partial charge is 0.366 e. The molecule has 3 amide bonds. The molecule has 35 heavy (non-hydrogen) atoms. The minimum absolute atomic E-state index is 0.0932. The number of hydrazine groups is 1. The van der Waals surface area contributed by atoms with Crippen molar-refractivity contribution in [3.05, 3.63) is 71.7 Å². The zero-order chi connectivity index (χ0) is 24.0. The molecular weight excluding hydrogens is 447 g/mol. The summed E-state index contributed by atoms with van der Waals surface area (Å²) >= 11 is 0. The first-order chi connectivity index (χ1) is 17.0. The highest BCUT2D eigenvalue weighted by Crippen LogP contribution is 2.61. The molecule has 8 heteroatoms. The second kappa shape index (κ2) is 8.52. The SMILES string of the molecule is O=C(NNC(=O)c1cc(C23CC4CC(CC(C4)C2)C3)c2ccccc2n1)NOc1cccc(F)c1. The van der Waals surface area contributed by atoms with Gasteiger partial charge in [0.05, 0.1) is 5.52 Å². The number of carbonyl (C=O) groups is 2. The first-order valence-electron chi connectivity index (χ1n) is 12.2. The molecule has 2 aromatic carbocycles. The number of carbonyl (C=O) groups excluding carboxylic acids is 2. The maximum absolute atomic E-state index is 13.2. The maximum atomic E-state index is 13.2. The minimum Gasteiger partial charge on any atom is -0.378 e. The lowest BCUT2D eigenvalue weighted by Crippen LogP contribution is -2.49. The number of benzene rings is 2. The molecule has 3 aromatic rings. The number of nitrogens with one attached hydrogen (secondary N) is 3. The number of hydroxylamine groups is 1. The van der Waals surface area contributed by atoms with Gasteiger partial charge in [0.2, 0.25) is 0 Å². The molecule has 4 bridgehead atoms. The van der Waals surface area contributed by atoms with E-state index in [1.165, 1.54) is 62.3 Å². The fourth-order valence-electron chi connectivity index (χ4n) is 7.01. The van der Waals surface area contributed by atoms with Gasteiger partial charge in [-0.3, -0.25) is 10.2 Å². The molecule has 4 aliphatic carbocycles. The molecular formula is C27H27FN4O3. The Morgan fingerprint density at radius 2 is 1.63 bits per heavy atom. The molecule has 1 heterocycles. The summed E-state index contributed by atoms with van der Waals surface area (Å²) in [4.78, 5) is 34.7. The van der Waals surface area contributed by atoms with E-state index in [9.17, 15) is 14.0 Å². The molecule has 0 saturated heterocycles. The van der Waals surface area contributed by atoms with Crippen LogP contribution in [-0.2, 0) is 5.41 Å². The summed E-state index contributed by atoms with van der Waals surface area (Å²) in [7, 11) is 0. The van der Waals surface area contributed by atoms with Crippen LogP contribution in [0, 0.1) is 23.6 Å². The van der Waals surface area contributed by atoms with Crippen LogP contribution in [0.25, 0.3) is 10.9 Å². The first-order valence-corrected chi connectivity index (χ1v) is 12.2. The number of para-hydroxylation sites is 1. The van der Waals surface area contributed by atoms with Crippen LogP contribution in [0.4, 0.5) is 9.18 Å².